The summed E-state index contributed by atoms with van der Waals surface area (Å²) in [5.41, 5.74) is 1.27. The molecule has 23 heavy (non-hydrogen) atoms. The Morgan fingerprint density at radius 3 is 2.35 bits per heavy atom. The zero-order valence-electron chi connectivity index (χ0n) is 13.7. The number of carboxylic acid groups (broad SMARTS) is 1. The van der Waals surface area contributed by atoms with Crippen LogP contribution in [-0.2, 0) is 4.79 Å². The van der Waals surface area contributed by atoms with Crippen LogP contribution in [0.15, 0.2) is 36.5 Å². The van der Waals surface area contributed by atoms with Crippen molar-refractivity contribution < 1.29 is 14.7 Å². The molecule has 0 aliphatic carbocycles. The summed E-state index contributed by atoms with van der Waals surface area (Å²) in [4.78, 5) is 23.8. The quantitative estimate of drug-likeness (QED) is 0.907. The normalized spacial score (nSPS) is 12.7. The van der Waals surface area contributed by atoms with Gasteiger partial charge in [-0.2, -0.15) is 5.10 Å². The number of nitrogens with zero attached hydrogens (tertiary/aromatic N) is 2. The van der Waals surface area contributed by atoms with E-state index >= 15 is 0 Å². The van der Waals surface area contributed by atoms with Crippen molar-refractivity contribution in [3.8, 4) is 5.69 Å². The van der Waals surface area contributed by atoms with Crippen LogP contribution in [0.25, 0.3) is 5.69 Å². The highest BCUT2D eigenvalue weighted by molar-refractivity contribution is 5.97. The van der Waals surface area contributed by atoms with E-state index in [0.717, 1.165) is 5.69 Å². The molecule has 0 unspecified atom stereocenters. The van der Waals surface area contributed by atoms with Gasteiger partial charge in [-0.3, -0.25) is 4.79 Å². The number of benzene rings is 1. The molecule has 2 rings (SSSR count). The number of carbonyl (C=O) groups is 2. The lowest BCUT2D eigenvalue weighted by Crippen LogP contribution is -2.49. The van der Waals surface area contributed by atoms with Crippen LogP contribution in [0.3, 0.4) is 0 Å². The molecule has 0 saturated heterocycles. The van der Waals surface area contributed by atoms with Gasteiger partial charge in [-0.1, -0.05) is 39.0 Å². The Morgan fingerprint density at radius 2 is 1.83 bits per heavy atom. The summed E-state index contributed by atoms with van der Waals surface area (Å²) < 4.78 is 1.65. The van der Waals surface area contributed by atoms with Crippen molar-refractivity contribution in [1.82, 2.24) is 15.1 Å². The molecule has 0 radical (unpaired) electrons. The number of aromatic nitrogens is 2. The molecule has 0 saturated carbocycles. The molecule has 0 bridgehead atoms. The number of carbonyl (C=O) groups excluding carboxylic acids is 1. The maximum atomic E-state index is 12.4. The largest absolute Gasteiger partial charge is 0.480 e. The van der Waals surface area contributed by atoms with Crippen molar-refractivity contribution in [2.24, 2.45) is 5.41 Å². The van der Waals surface area contributed by atoms with Crippen LogP contribution in [0.5, 0.6) is 0 Å². The number of hydrogen-bond donors (Lipinski definition) is 2. The third kappa shape index (κ3) is 3.59. The van der Waals surface area contributed by atoms with Crippen LogP contribution in [0, 0.1) is 12.3 Å². The minimum Gasteiger partial charge on any atom is -0.480 e. The van der Waals surface area contributed by atoms with Gasteiger partial charge in [-0.25, -0.2) is 9.48 Å². The second-order valence-electron chi connectivity index (χ2n) is 6.50. The summed E-state index contributed by atoms with van der Waals surface area (Å²) in [5.74, 6) is -1.49. The van der Waals surface area contributed by atoms with Crippen molar-refractivity contribution in [2.45, 2.75) is 33.7 Å². The van der Waals surface area contributed by atoms with Gasteiger partial charge in [-0.05, 0) is 24.5 Å². The fraction of sp³-hybridized carbons (Fsp3) is 0.353. The van der Waals surface area contributed by atoms with E-state index in [-0.39, 0.29) is 0 Å². The molecule has 1 aromatic carbocycles. The third-order valence-electron chi connectivity index (χ3n) is 3.64. The molecule has 6 nitrogen and oxygen atoms in total. The highest BCUT2D eigenvalue weighted by Gasteiger charge is 2.33. The summed E-state index contributed by atoms with van der Waals surface area (Å²) >= 11 is 0. The fourth-order valence-corrected chi connectivity index (χ4v) is 2.32. The second kappa shape index (κ2) is 6.24. The van der Waals surface area contributed by atoms with Gasteiger partial charge in [0.25, 0.3) is 5.91 Å². The molecule has 0 fully saturated rings. The lowest BCUT2D eigenvalue weighted by Gasteiger charge is -2.27. The van der Waals surface area contributed by atoms with E-state index < -0.39 is 23.3 Å². The van der Waals surface area contributed by atoms with E-state index in [1.807, 2.05) is 30.3 Å². The molecule has 0 spiro atoms. The van der Waals surface area contributed by atoms with E-state index in [1.165, 1.54) is 6.20 Å². The first-order valence-corrected chi connectivity index (χ1v) is 7.35. The van der Waals surface area contributed by atoms with E-state index in [4.69, 9.17) is 0 Å². The minimum atomic E-state index is -1.06. The van der Waals surface area contributed by atoms with Crippen molar-refractivity contribution in [3.63, 3.8) is 0 Å². The van der Waals surface area contributed by atoms with Gasteiger partial charge in [0.1, 0.15) is 6.04 Å². The lowest BCUT2D eigenvalue weighted by molar-refractivity contribution is -0.142. The number of nitrogens with one attached hydrogen (secondary N) is 1. The molecule has 2 N–H and O–H groups in total. The predicted molar refractivity (Wildman–Crippen MR) is 86.6 cm³/mol. The first-order chi connectivity index (χ1) is 10.7. The van der Waals surface area contributed by atoms with Gasteiger partial charge in [-0.15, -0.1) is 0 Å². The number of aliphatic carboxylic acids is 1. The number of amides is 1. The Kier molecular flexibility index (Phi) is 4.54. The summed E-state index contributed by atoms with van der Waals surface area (Å²) in [6.07, 6.45) is 1.46. The van der Waals surface area contributed by atoms with Crippen molar-refractivity contribution in [3.05, 3.63) is 47.8 Å². The molecule has 6 heteroatoms. The molecule has 1 aromatic heterocycles. The molecular formula is C17H21N3O3. The maximum absolute atomic E-state index is 12.4. The van der Waals surface area contributed by atoms with Crippen molar-refractivity contribution in [2.75, 3.05) is 0 Å². The monoisotopic (exact) mass is 315 g/mol. The Labute approximate surface area is 135 Å². The number of para-hydroxylation sites is 1. The summed E-state index contributed by atoms with van der Waals surface area (Å²) in [7, 11) is 0. The van der Waals surface area contributed by atoms with Gasteiger partial charge in [0, 0.05) is 0 Å². The summed E-state index contributed by atoms with van der Waals surface area (Å²) in [5, 5.41) is 16.1. The zero-order valence-corrected chi connectivity index (χ0v) is 13.7. The first-order valence-electron chi connectivity index (χ1n) is 7.35. The van der Waals surface area contributed by atoms with Crippen LogP contribution < -0.4 is 5.32 Å². The first kappa shape index (κ1) is 16.7. The standard InChI is InChI=1S/C17H21N3O3/c1-11-13(10-18-20(11)12-8-6-5-7-9-12)15(21)19-14(16(22)23)17(2,3)4/h5-10,14H,1-4H3,(H,19,21)(H,22,23)/t14-/m1/s1. The second-order valence-corrected chi connectivity index (χ2v) is 6.50. The Balaban J connectivity index is 2.28. The number of hydrogen-bond acceptors (Lipinski definition) is 3. The highest BCUT2D eigenvalue weighted by atomic mass is 16.4. The van der Waals surface area contributed by atoms with Crippen LogP contribution >= 0.6 is 0 Å². The van der Waals surface area contributed by atoms with E-state index in [9.17, 15) is 14.7 Å². The van der Waals surface area contributed by atoms with E-state index in [1.54, 1.807) is 32.4 Å². The van der Waals surface area contributed by atoms with Crippen LogP contribution in [0.4, 0.5) is 0 Å². The molecule has 2 aromatic rings. The van der Waals surface area contributed by atoms with Crippen LogP contribution in [0.1, 0.15) is 36.8 Å². The molecule has 0 aliphatic rings. The van der Waals surface area contributed by atoms with E-state index in [0.29, 0.717) is 11.3 Å². The number of carboxylic acids is 1. The molecule has 122 valence electrons. The number of rotatable bonds is 4. The van der Waals surface area contributed by atoms with Gasteiger partial charge in [0.2, 0.25) is 0 Å². The Hall–Kier alpha value is -2.63. The maximum Gasteiger partial charge on any atom is 0.326 e. The van der Waals surface area contributed by atoms with Crippen molar-refractivity contribution in [1.29, 1.82) is 0 Å². The van der Waals surface area contributed by atoms with Gasteiger partial charge in [0.05, 0.1) is 23.1 Å². The van der Waals surface area contributed by atoms with Gasteiger partial charge >= 0.3 is 5.97 Å². The average molecular weight is 315 g/mol. The zero-order chi connectivity index (χ0) is 17.2. The molecule has 1 heterocycles. The Bertz CT molecular complexity index is 714. The third-order valence-corrected chi connectivity index (χ3v) is 3.64. The van der Waals surface area contributed by atoms with Gasteiger partial charge in [0.15, 0.2) is 0 Å². The Morgan fingerprint density at radius 1 is 1.22 bits per heavy atom. The highest BCUT2D eigenvalue weighted by Crippen LogP contribution is 2.21. The minimum absolute atomic E-state index is 0.365. The summed E-state index contributed by atoms with van der Waals surface area (Å²) in [6, 6.07) is 8.46. The molecular weight excluding hydrogens is 294 g/mol. The smallest absolute Gasteiger partial charge is 0.326 e. The van der Waals surface area contributed by atoms with Crippen LogP contribution in [0.2, 0.25) is 0 Å². The topological polar surface area (TPSA) is 84.2 Å². The molecule has 1 atom stereocenters. The van der Waals surface area contributed by atoms with Crippen molar-refractivity contribution >= 4 is 11.9 Å². The van der Waals surface area contributed by atoms with E-state index in [2.05, 4.69) is 10.4 Å². The fourth-order valence-electron chi connectivity index (χ4n) is 2.32. The van der Waals surface area contributed by atoms with Crippen LogP contribution in [-0.4, -0.2) is 32.8 Å². The molecule has 1 amide bonds. The predicted octanol–water partition coefficient (Wildman–Crippen LogP) is 2.41. The average Bonchev–Trinajstić information content (AvgIpc) is 2.85. The van der Waals surface area contributed by atoms with Gasteiger partial charge < -0.3 is 10.4 Å². The molecule has 0 aliphatic heterocycles. The lowest BCUT2D eigenvalue weighted by atomic mass is 9.86. The summed E-state index contributed by atoms with van der Waals surface area (Å²) in [6.45, 7) is 7.09. The SMILES string of the molecule is Cc1c(C(=O)N[C@H](C(=O)O)C(C)(C)C)cnn1-c1ccccc1.